The number of carboxylic acid groups (broad SMARTS) is 1. The summed E-state index contributed by atoms with van der Waals surface area (Å²) in [4.78, 5) is 11.3. The average molecular weight is 212 g/mol. The van der Waals surface area contributed by atoms with Crippen molar-refractivity contribution >= 4 is 17.7 Å². The van der Waals surface area contributed by atoms with Crippen molar-refractivity contribution in [3.63, 3.8) is 0 Å². The molecule has 0 spiro atoms. The highest BCUT2D eigenvalue weighted by Crippen LogP contribution is 2.25. The molecule has 0 aromatic heterocycles. The maximum absolute atomic E-state index is 10.4. The quantitative estimate of drug-likeness (QED) is 0.777. The Hall–Kier alpha value is -1.16. The highest BCUT2D eigenvalue weighted by molar-refractivity contribution is 8.00. The molecule has 0 saturated heterocycles. The molecule has 3 nitrogen and oxygen atoms in total. The summed E-state index contributed by atoms with van der Waals surface area (Å²) in [5, 5.41) is 8.52. The van der Waals surface area contributed by atoms with Crippen LogP contribution < -0.4 is 4.74 Å². The number of benzene rings is 1. The third-order valence-corrected chi connectivity index (χ3v) is 2.89. The van der Waals surface area contributed by atoms with Gasteiger partial charge in [-0.3, -0.25) is 4.79 Å². The molecule has 0 amide bonds. The molecular weight excluding hydrogens is 200 g/mol. The van der Waals surface area contributed by atoms with Gasteiger partial charge in [0.2, 0.25) is 0 Å². The molecule has 0 aliphatic carbocycles. The third-order valence-electron chi connectivity index (χ3n) is 1.73. The second kappa shape index (κ2) is 4.91. The molecule has 1 rings (SSSR count). The van der Waals surface area contributed by atoms with E-state index in [0.29, 0.717) is 0 Å². The van der Waals surface area contributed by atoms with Gasteiger partial charge in [0, 0.05) is 4.90 Å². The predicted octanol–water partition coefficient (Wildman–Crippen LogP) is 2.18. The summed E-state index contributed by atoms with van der Waals surface area (Å²) >= 11 is 1.32. The standard InChI is InChI=1S/C10H12O3S/c1-7-5-8(13-2)3-4-9(7)14-6-10(11)12/h3-5H,6H2,1-2H3,(H,11,12). The Labute approximate surface area is 87.1 Å². The van der Waals surface area contributed by atoms with Crippen LogP contribution in [0.3, 0.4) is 0 Å². The van der Waals surface area contributed by atoms with E-state index in [0.717, 1.165) is 16.2 Å². The summed E-state index contributed by atoms with van der Waals surface area (Å²) in [6, 6.07) is 5.60. The number of hydrogen-bond acceptors (Lipinski definition) is 3. The van der Waals surface area contributed by atoms with Gasteiger partial charge in [-0.15, -0.1) is 11.8 Å². The van der Waals surface area contributed by atoms with Crippen molar-refractivity contribution in [2.24, 2.45) is 0 Å². The monoisotopic (exact) mass is 212 g/mol. The molecule has 4 heteroatoms. The van der Waals surface area contributed by atoms with Gasteiger partial charge in [0.05, 0.1) is 12.9 Å². The highest BCUT2D eigenvalue weighted by atomic mass is 32.2. The molecule has 0 heterocycles. The van der Waals surface area contributed by atoms with E-state index in [2.05, 4.69) is 0 Å². The van der Waals surface area contributed by atoms with Crippen LogP contribution in [0.5, 0.6) is 5.75 Å². The number of carbonyl (C=O) groups is 1. The molecule has 0 saturated carbocycles. The fourth-order valence-corrected chi connectivity index (χ4v) is 1.78. The Morgan fingerprint density at radius 2 is 2.29 bits per heavy atom. The summed E-state index contributed by atoms with van der Waals surface area (Å²) in [7, 11) is 1.61. The van der Waals surface area contributed by atoms with E-state index in [1.54, 1.807) is 7.11 Å². The summed E-state index contributed by atoms with van der Waals surface area (Å²) in [5.74, 6) is 0.0834. The van der Waals surface area contributed by atoms with Crippen LogP contribution in [-0.4, -0.2) is 23.9 Å². The van der Waals surface area contributed by atoms with Crippen molar-refractivity contribution in [3.8, 4) is 5.75 Å². The smallest absolute Gasteiger partial charge is 0.313 e. The van der Waals surface area contributed by atoms with E-state index in [4.69, 9.17) is 9.84 Å². The van der Waals surface area contributed by atoms with Gasteiger partial charge in [-0.1, -0.05) is 0 Å². The minimum Gasteiger partial charge on any atom is -0.497 e. The van der Waals surface area contributed by atoms with Crippen LogP contribution in [0.4, 0.5) is 0 Å². The first-order valence-electron chi connectivity index (χ1n) is 4.12. The number of aliphatic carboxylic acids is 1. The maximum Gasteiger partial charge on any atom is 0.313 e. The number of carboxylic acids is 1. The molecule has 0 aliphatic heterocycles. The molecule has 0 fully saturated rings. The highest BCUT2D eigenvalue weighted by Gasteiger charge is 2.03. The van der Waals surface area contributed by atoms with Gasteiger partial charge < -0.3 is 9.84 Å². The van der Waals surface area contributed by atoms with Crippen LogP contribution in [0.25, 0.3) is 0 Å². The Morgan fingerprint density at radius 3 is 2.79 bits per heavy atom. The predicted molar refractivity (Wildman–Crippen MR) is 56.1 cm³/mol. The molecule has 76 valence electrons. The van der Waals surface area contributed by atoms with E-state index < -0.39 is 5.97 Å². The molecule has 14 heavy (non-hydrogen) atoms. The van der Waals surface area contributed by atoms with Gasteiger partial charge in [-0.2, -0.15) is 0 Å². The first-order valence-corrected chi connectivity index (χ1v) is 5.11. The maximum atomic E-state index is 10.4. The van der Waals surface area contributed by atoms with Gasteiger partial charge in [0.25, 0.3) is 0 Å². The molecule has 0 radical (unpaired) electrons. The number of ether oxygens (including phenoxy) is 1. The lowest BCUT2D eigenvalue weighted by Gasteiger charge is -2.05. The lowest BCUT2D eigenvalue weighted by atomic mass is 10.2. The molecule has 0 atom stereocenters. The van der Waals surface area contributed by atoms with Gasteiger partial charge in [0.15, 0.2) is 0 Å². The minimum absolute atomic E-state index is 0.0904. The Morgan fingerprint density at radius 1 is 1.57 bits per heavy atom. The Bertz CT molecular complexity index is 336. The second-order valence-corrected chi connectivity index (χ2v) is 3.83. The largest absolute Gasteiger partial charge is 0.497 e. The van der Waals surface area contributed by atoms with Gasteiger partial charge >= 0.3 is 5.97 Å². The van der Waals surface area contributed by atoms with Crippen molar-refractivity contribution in [2.45, 2.75) is 11.8 Å². The molecule has 1 aromatic rings. The van der Waals surface area contributed by atoms with Gasteiger partial charge in [0.1, 0.15) is 5.75 Å². The number of methoxy groups -OCH3 is 1. The van der Waals surface area contributed by atoms with Crippen LogP contribution in [0.1, 0.15) is 5.56 Å². The number of rotatable bonds is 4. The lowest BCUT2D eigenvalue weighted by molar-refractivity contribution is -0.133. The van der Waals surface area contributed by atoms with Crippen molar-refractivity contribution in [1.29, 1.82) is 0 Å². The van der Waals surface area contributed by atoms with Crippen molar-refractivity contribution < 1.29 is 14.6 Å². The van der Waals surface area contributed by atoms with Gasteiger partial charge in [-0.05, 0) is 30.7 Å². The molecule has 0 bridgehead atoms. The van der Waals surface area contributed by atoms with Gasteiger partial charge in [-0.25, -0.2) is 0 Å². The summed E-state index contributed by atoms with van der Waals surface area (Å²) < 4.78 is 5.05. The van der Waals surface area contributed by atoms with Crippen LogP contribution in [0.15, 0.2) is 23.1 Å². The first kappa shape index (κ1) is 10.9. The van der Waals surface area contributed by atoms with Crippen LogP contribution in [0, 0.1) is 6.92 Å². The molecule has 0 aliphatic rings. The molecular formula is C10H12O3S. The molecule has 1 N–H and O–H groups in total. The fourth-order valence-electron chi connectivity index (χ4n) is 1.05. The Kier molecular flexibility index (Phi) is 3.83. The SMILES string of the molecule is COc1ccc(SCC(=O)O)c(C)c1. The second-order valence-electron chi connectivity index (χ2n) is 2.81. The Balaban J connectivity index is 2.73. The zero-order chi connectivity index (χ0) is 10.6. The van der Waals surface area contributed by atoms with Crippen molar-refractivity contribution in [3.05, 3.63) is 23.8 Å². The zero-order valence-electron chi connectivity index (χ0n) is 8.11. The van der Waals surface area contributed by atoms with Crippen LogP contribution >= 0.6 is 11.8 Å². The van der Waals surface area contributed by atoms with Crippen LogP contribution in [0.2, 0.25) is 0 Å². The first-order chi connectivity index (χ1) is 6.63. The molecule has 1 aromatic carbocycles. The summed E-state index contributed by atoms with van der Waals surface area (Å²) in [6.45, 7) is 1.94. The average Bonchev–Trinajstić information content (AvgIpc) is 2.15. The van der Waals surface area contributed by atoms with E-state index in [1.165, 1.54) is 11.8 Å². The third kappa shape index (κ3) is 2.96. The van der Waals surface area contributed by atoms with Crippen molar-refractivity contribution in [2.75, 3.05) is 12.9 Å². The topological polar surface area (TPSA) is 46.5 Å². The fraction of sp³-hybridized carbons (Fsp3) is 0.300. The van der Waals surface area contributed by atoms with E-state index in [-0.39, 0.29) is 5.75 Å². The normalized spacial score (nSPS) is 9.86. The number of thioether (sulfide) groups is 1. The van der Waals surface area contributed by atoms with E-state index in [9.17, 15) is 4.79 Å². The summed E-state index contributed by atoms with van der Waals surface area (Å²) in [6.07, 6.45) is 0. The van der Waals surface area contributed by atoms with E-state index >= 15 is 0 Å². The summed E-state index contributed by atoms with van der Waals surface area (Å²) in [5.41, 5.74) is 1.04. The number of aryl methyl sites for hydroxylation is 1. The minimum atomic E-state index is -0.801. The van der Waals surface area contributed by atoms with Crippen molar-refractivity contribution in [1.82, 2.24) is 0 Å². The zero-order valence-corrected chi connectivity index (χ0v) is 8.93. The molecule has 0 unspecified atom stereocenters. The van der Waals surface area contributed by atoms with Crippen LogP contribution in [-0.2, 0) is 4.79 Å². The lowest BCUT2D eigenvalue weighted by Crippen LogP contribution is -1.98. The number of hydrogen-bond donors (Lipinski definition) is 1. The van der Waals surface area contributed by atoms with E-state index in [1.807, 2.05) is 25.1 Å².